The molecule has 27 heavy (non-hydrogen) atoms. The molecule has 0 aliphatic heterocycles. The van der Waals surface area contributed by atoms with Gasteiger partial charge < -0.3 is 16.0 Å². The van der Waals surface area contributed by atoms with Crippen LogP contribution in [-0.2, 0) is 17.9 Å². The van der Waals surface area contributed by atoms with Crippen molar-refractivity contribution in [1.82, 2.24) is 10.6 Å². The smallest absolute Gasteiger partial charge is 0.224 e. The lowest BCUT2D eigenvalue weighted by molar-refractivity contribution is -0.116. The van der Waals surface area contributed by atoms with E-state index in [4.69, 9.17) is 11.6 Å². The highest BCUT2D eigenvalue weighted by Gasteiger charge is 2.02. The summed E-state index contributed by atoms with van der Waals surface area (Å²) in [6.07, 6.45) is 1.38. The summed E-state index contributed by atoms with van der Waals surface area (Å²) >= 11 is 5.89. The first-order valence-electron chi connectivity index (χ1n) is 8.68. The standard InChI is InChI=1S/C20H25ClN4O.HI/c1-3-4-19(26)25-18-11-7-16(8-12-18)14-24-20(22-2)23-13-15-5-9-17(21)10-6-15;/h5-12H,3-4,13-14H2,1-2H3,(H,25,26)(H2,22,23,24);1H. The highest BCUT2D eigenvalue weighted by Crippen LogP contribution is 2.11. The van der Waals surface area contributed by atoms with Crippen molar-refractivity contribution in [2.24, 2.45) is 4.99 Å². The normalized spacial score (nSPS) is 10.7. The Balaban J connectivity index is 0.00000364. The molecule has 0 fully saturated rings. The fourth-order valence-electron chi connectivity index (χ4n) is 2.35. The van der Waals surface area contributed by atoms with Gasteiger partial charge in [0, 0.05) is 37.3 Å². The van der Waals surface area contributed by atoms with Crippen molar-refractivity contribution in [2.75, 3.05) is 12.4 Å². The first-order chi connectivity index (χ1) is 12.6. The second kappa shape index (κ2) is 12.6. The van der Waals surface area contributed by atoms with Gasteiger partial charge in [0.2, 0.25) is 5.91 Å². The molecule has 0 aromatic heterocycles. The number of hydrogen-bond acceptors (Lipinski definition) is 2. The van der Waals surface area contributed by atoms with Crippen LogP contribution in [-0.4, -0.2) is 18.9 Å². The number of nitrogens with one attached hydrogen (secondary N) is 3. The second-order valence-corrected chi connectivity index (χ2v) is 6.34. The van der Waals surface area contributed by atoms with Crippen molar-refractivity contribution in [3.63, 3.8) is 0 Å². The van der Waals surface area contributed by atoms with Crippen LogP contribution in [0.25, 0.3) is 0 Å². The van der Waals surface area contributed by atoms with E-state index >= 15 is 0 Å². The van der Waals surface area contributed by atoms with Gasteiger partial charge in [-0.1, -0.05) is 42.8 Å². The minimum absolute atomic E-state index is 0. The Hall–Kier alpha value is -1.80. The third kappa shape index (κ3) is 8.62. The molecule has 0 heterocycles. The molecular formula is C20H26ClIN4O. The highest BCUT2D eigenvalue weighted by atomic mass is 127. The number of carbonyl (C=O) groups is 1. The maximum absolute atomic E-state index is 11.6. The van der Waals surface area contributed by atoms with Crippen molar-refractivity contribution >= 4 is 53.1 Å². The summed E-state index contributed by atoms with van der Waals surface area (Å²) in [5.74, 6) is 0.769. The van der Waals surface area contributed by atoms with Crippen LogP contribution in [0.5, 0.6) is 0 Å². The third-order valence-corrected chi connectivity index (χ3v) is 4.02. The zero-order chi connectivity index (χ0) is 18.8. The van der Waals surface area contributed by atoms with E-state index in [9.17, 15) is 4.79 Å². The number of anilines is 1. The first kappa shape index (κ1) is 23.2. The molecule has 1 amide bonds. The summed E-state index contributed by atoms with van der Waals surface area (Å²) in [6.45, 7) is 3.30. The van der Waals surface area contributed by atoms with Gasteiger partial charge in [0.25, 0.3) is 0 Å². The van der Waals surface area contributed by atoms with E-state index in [1.807, 2.05) is 55.5 Å². The predicted molar refractivity (Wildman–Crippen MR) is 124 cm³/mol. The average Bonchev–Trinajstić information content (AvgIpc) is 2.65. The van der Waals surface area contributed by atoms with Crippen molar-refractivity contribution < 1.29 is 4.79 Å². The van der Waals surface area contributed by atoms with Crippen molar-refractivity contribution in [1.29, 1.82) is 0 Å². The molecule has 0 bridgehead atoms. The lowest BCUT2D eigenvalue weighted by Gasteiger charge is -2.12. The van der Waals surface area contributed by atoms with Crippen LogP contribution in [0.3, 0.4) is 0 Å². The number of rotatable bonds is 7. The number of amides is 1. The minimum atomic E-state index is 0. The highest BCUT2D eigenvalue weighted by molar-refractivity contribution is 14.0. The van der Waals surface area contributed by atoms with E-state index in [0.717, 1.165) is 34.2 Å². The molecule has 2 aromatic carbocycles. The fraction of sp³-hybridized carbons (Fsp3) is 0.300. The summed E-state index contributed by atoms with van der Waals surface area (Å²) in [4.78, 5) is 15.8. The summed E-state index contributed by atoms with van der Waals surface area (Å²) in [7, 11) is 1.74. The number of hydrogen-bond donors (Lipinski definition) is 3. The molecule has 0 aliphatic rings. The molecule has 7 heteroatoms. The van der Waals surface area contributed by atoms with Gasteiger partial charge in [0.15, 0.2) is 5.96 Å². The molecular weight excluding hydrogens is 475 g/mol. The predicted octanol–water partition coefficient (Wildman–Crippen LogP) is 4.56. The summed E-state index contributed by atoms with van der Waals surface area (Å²) in [6, 6.07) is 15.5. The van der Waals surface area contributed by atoms with Crippen LogP contribution in [0.1, 0.15) is 30.9 Å². The van der Waals surface area contributed by atoms with Crippen LogP contribution >= 0.6 is 35.6 Å². The molecule has 0 spiro atoms. The van der Waals surface area contributed by atoms with Gasteiger partial charge in [0.1, 0.15) is 0 Å². The van der Waals surface area contributed by atoms with Crippen LogP contribution in [0, 0.1) is 0 Å². The minimum Gasteiger partial charge on any atom is -0.352 e. The molecule has 3 N–H and O–H groups in total. The molecule has 5 nitrogen and oxygen atoms in total. The number of halogens is 2. The van der Waals surface area contributed by atoms with Crippen LogP contribution in [0.4, 0.5) is 5.69 Å². The van der Waals surface area contributed by atoms with E-state index in [1.165, 1.54) is 0 Å². The molecule has 2 aromatic rings. The number of nitrogens with zero attached hydrogens (tertiary/aromatic N) is 1. The average molecular weight is 501 g/mol. The summed E-state index contributed by atoms with van der Waals surface area (Å²) < 4.78 is 0. The van der Waals surface area contributed by atoms with Crippen LogP contribution in [0.15, 0.2) is 53.5 Å². The van der Waals surface area contributed by atoms with Gasteiger partial charge in [-0.15, -0.1) is 24.0 Å². The van der Waals surface area contributed by atoms with Gasteiger partial charge in [-0.2, -0.15) is 0 Å². The zero-order valence-corrected chi connectivity index (χ0v) is 18.7. The van der Waals surface area contributed by atoms with Gasteiger partial charge in [-0.3, -0.25) is 9.79 Å². The molecule has 0 unspecified atom stereocenters. The first-order valence-corrected chi connectivity index (χ1v) is 9.06. The van der Waals surface area contributed by atoms with Crippen molar-refractivity contribution in [3.8, 4) is 0 Å². The summed E-state index contributed by atoms with van der Waals surface area (Å²) in [5.41, 5.74) is 3.05. The van der Waals surface area contributed by atoms with Crippen molar-refractivity contribution in [2.45, 2.75) is 32.9 Å². The Morgan fingerprint density at radius 3 is 1.96 bits per heavy atom. The van der Waals surface area contributed by atoms with Gasteiger partial charge in [-0.05, 0) is 41.8 Å². The number of aliphatic imine (C=N–C) groups is 1. The molecule has 0 atom stereocenters. The van der Waals surface area contributed by atoms with Gasteiger partial charge >= 0.3 is 0 Å². The SMILES string of the molecule is CCCC(=O)Nc1ccc(CNC(=NC)NCc2ccc(Cl)cc2)cc1.I. The molecule has 2 rings (SSSR count). The Morgan fingerprint density at radius 1 is 0.963 bits per heavy atom. The molecule has 0 saturated carbocycles. The lowest BCUT2D eigenvalue weighted by Crippen LogP contribution is -2.36. The largest absolute Gasteiger partial charge is 0.352 e. The summed E-state index contributed by atoms with van der Waals surface area (Å²) in [5, 5.41) is 10.2. The van der Waals surface area contributed by atoms with E-state index in [2.05, 4.69) is 20.9 Å². The van der Waals surface area contributed by atoms with Crippen molar-refractivity contribution in [3.05, 3.63) is 64.7 Å². The third-order valence-electron chi connectivity index (χ3n) is 3.77. The topological polar surface area (TPSA) is 65.5 Å². The van der Waals surface area contributed by atoms with E-state index < -0.39 is 0 Å². The van der Waals surface area contributed by atoms with E-state index in [-0.39, 0.29) is 29.9 Å². The quantitative estimate of drug-likeness (QED) is 0.297. The van der Waals surface area contributed by atoms with Crippen LogP contribution < -0.4 is 16.0 Å². The molecule has 0 aliphatic carbocycles. The maximum Gasteiger partial charge on any atom is 0.224 e. The van der Waals surface area contributed by atoms with E-state index in [1.54, 1.807) is 7.05 Å². The Bertz CT molecular complexity index is 733. The van der Waals surface area contributed by atoms with E-state index in [0.29, 0.717) is 19.5 Å². The van der Waals surface area contributed by atoms with Gasteiger partial charge in [0.05, 0.1) is 0 Å². The zero-order valence-electron chi connectivity index (χ0n) is 15.6. The Kier molecular flexibility index (Phi) is 10.8. The number of carbonyl (C=O) groups excluding carboxylic acids is 1. The fourth-order valence-corrected chi connectivity index (χ4v) is 2.48. The number of guanidine groups is 1. The number of benzene rings is 2. The molecule has 146 valence electrons. The monoisotopic (exact) mass is 500 g/mol. The Morgan fingerprint density at radius 2 is 1.48 bits per heavy atom. The van der Waals surface area contributed by atoms with Gasteiger partial charge in [-0.25, -0.2) is 0 Å². The molecule has 0 radical (unpaired) electrons. The molecule has 0 saturated heterocycles. The van der Waals surface area contributed by atoms with Crippen LogP contribution in [0.2, 0.25) is 5.02 Å². The lowest BCUT2D eigenvalue weighted by atomic mass is 10.2. The maximum atomic E-state index is 11.6. The Labute approximate surface area is 183 Å². The second-order valence-electron chi connectivity index (χ2n) is 5.90.